The van der Waals surface area contributed by atoms with Crippen molar-refractivity contribution in [2.75, 3.05) is 31.9 Å². The summed E-state index contributed by atoms with van der Waals surface area (Å²) in [6, 6.07) is 17.0. The lowest BCUT2D eigenvalue weighted by Gasteiger charge is -2.34. The van der Waals surface area contributed by atoms with Crippen LogP contribution in [0.2, 0.25) is 5.02 Å². The average Bonchev–Trinajstić information content (AvgIpc) is 2.69. The fraction of sp³-hybridized carbons (Fsp3) is 0.300. The molecule has 0 atom stereocenters. The molecule has 0 N–H and O–H groups in total. The minimum Gasteiger partial charge on any atom is -0.338 e. The van der Waals surface area contributed by atoms with Gasteiger partial charge in [-0.15, -0.1) is 11.8 Å². The molecule has 0 aromatic heterocycles. The number of carbonyl (C=O) groups excluding carboxylic acids is 2. The van der Waals surface area contributed by atoms with E-state index in [0.29, 0.717) is 37.5 Å². The molecule has 4 nitrogen and oxygen atoms in total. The number of hydrogen-bond acceptors (Lipinski definition) is 3. The topological polar surface area (TPSA) is 40.6 Å². The molecule has 2 aromatic rings. The molecule has 0 spiro atoms. The van der Waals surface area contributed by atoms with Gasteiger partial charge in [-0.25, -0.2) is 0 Å². The number of piperazine rings is 1. The Morgan fingerprint density at radius 3 is 2.15 bits per heavy atom. The molecule has 1 aliphatic heterocycles. The maximum Gasteiger partial charge on any atom is 0.253 e. The first-order chi connectivity index (χ1) is 12.6. The van der Waals surface area contributed by atoms with Crippen LogP contribution >= 0.6 is 23.4 Å². The SMILES string of the molecule is O=C(CSCc1ccc(Cl)cc1)N1CCN(C(=O)c2ccccc2)CC1. The Hall–Kier alpha value is -1.98. The van der Waals surface area contributed by atoms with Gasteiger partial charge < -0.3 is 9.80 Å². The van der Waals surface area contributed by atoms with Crippen molar-refractivity contribution in [3.63, 3.8) is 0 Å². The van der Waals surface area contributed by atoms with Crippen LogP contribution in [-0.2, 0) is 10.5 Å². The van der Waals surface area contributed by atoms with E-state index in [-0.39, 0.29) is 11.8 Å². The lowest BCUT2D eigenvalue weighted by molar-refractivity contribution is -0.129. The lowest BCUT2D eigenvalue weighted by atomic mass is 10.2. The molecule has 1 heterocycles. The van der Waals surface area contributed by atoms with E-state index in [1.165, 1.54) is 0 Å². The third-order valence-electron chi connectivity index (χ3n) is 4.35. The standard InChI is InChI=1S/C20H21ClN2O2S/c21-18-8-6-16(7-9-18)14-26-15-19(24)22-10-12-23(13-11-22)20(25)17-4-2-1-3-5-17/h1-9H,10-15H2. The van der Waals surface area contributed by atoms with Crippen molar-refractivity contribution in [2.45, 2.75) is 5.75 Å². The molecule has 0 bridgehead atoms. The summed E-state index contributed by atoms with van der Waals surface area (Å²) in [5, 5.41) is 0.720. The van der Waals surface area contributed by atoms with Crippen LogP contribution in [-0.4, -0.2) is 53.5 Å². The van der Waals surface area contributed by atoms with Crippen molar-refractivity contribution in [2.24, 2.45) is 0 Å². The van der Waals surface area contributed by atoms with E-state index < -0.39 is 0 Å². The minimum atomic E-state index is 0.0369. The molecular formula is C20H21ClN2O2S. The van der Waals surface area contributed by atoms with E-state index in [9.17, 15) is 9.59 Å². The number of amides is 2. The maximum absolute atomic E-state index is 12.4. The molecule has 26 heavy (non-hydrogen) atoms. The Morgan fingerprint density at radius 2 is 1.50 bits per heavy atom. The summed E-state index contributed by atoms with van der Waals surface area (Å²) in [4.78, 5) is 28.5. The number of thioether (sulfide) groups is 1. The van der Waals surface area contributed by atoms with Crippen LogP contribution in [0, 0.1) is 0 Å². The van der Waals surface area contributed by atoms with Gasteiger partial charge in [-0.3, -0.25) is 9.59 Å². The maximum atomic E-state index is 12.4. The first-order valence-corrected chi connectivity index (χ1v) is 10.1. The molecule has 0 saturated carbocycles. The van der Waals surface area contributed by atoms with Gasteiger partial charge in [0, 0.05) is 42.5 Å². The molecule has 136 valence electrons. The van der Waals surface area contributed by atoms with Crippen molar-refractivity contribution in [1.82, 2.24) is 9.80 Å². The number of carbonyl (C=O) groups is 2. The van der Waals surface area contributed by atoms with E-state index in [0.717, 1.165) is 16.3 Å². The van der Waals surface area contributed by atoms with Crippen LogP contribution in [0.3, 0.4) is 0 Å². The number of benzene rings is 2. The van der Waals surface area contributed by atoms with Gasteiger partial charge in [0.05, 0.1) is 5.75 Å². The zero-order valence-electron chi connectivity index (χ0n) is 14.4. The van der Waals surface area contributed by atoms with Gasteiger partial charge >= 0.3 is 0 Å². The van der Waals surface area contributed by atoms with E-state index in [1.807, 2.05) is 64.4 Å². The van der Waals surface area contributed by atoms with Crippen LogP contribution in [0.15, 0.2) is 54.6 Å². The van der Waals surface area contributed by atoms with Crippen LogP contribution in [0.1, 0.15) is 15.9 Å². The second kappa shape index (κ2) is 9.10. The van der Waals surface area contributed by atoms with E-state index in [1.54, 1.807) is 11.8 Å². The van der Waals surface area contributed by atoms with Crippen molar-refractivity contribution in [1.29, 1.82) is 0 Å². The summed E-state index contributed by atoms with van der Waals surface area (Å²) in [5.41, 5.74) is 1.86. The summed E-state index contributed by atoms with van der Waals surface area (Å²) in [6.07, 6.45) is 0. The van der Waals surface area contributed by atoms with Crippen molar-refractivity contribution in [3.05, 3.63) is 70.7 Å². The lowest BCUT2D eigenvalue weighted by Crippen LogP contribution is -2.51. The van der Waals surface area contributed by atoms with Crippen molar-refractivity contribution < 1.29 is 9.59 Å². The van der Waals surface area contributed by atoms with Gasteiger partial charge in [-0.1, -0.05) is 41.9 Å². The zero-order chi connectivity index (χ0) is 18.4. The molecular weight excluding hydrogens is 368 g/mol. The van der Waals surface area contributed by atoms with Gasteiger partial charge in [0.1, 0.15) is 0 Å². The Labute approximate surface area is 163 Å². The monoisotopic (exact) mass is 388 g/mol. The molecule has 0 radical (unpaired) electrons. The predicted octanol–water partition coefficient (Wildman–Crippen LogP) is 3.56. The third kappa shape index (κ3) is 5.02. The number of rotatable bonds is 5. The quantitative estimate of drug-likeness (QED) is 0.786. The first kappa shape index (κ1) is 18.8. The average molecular weight is 389 g/mol. The highest BCUT2D eigenvalue weighted by molar-refractivity contribution is 7.99. The van der Waals surface area contributed by atoms with Crippen LogP contribution in [0.25, 0.3) is 0 Å². The first-order valence-electron chi connectivity index (χ1n) is 8.58. The molecule has 6 heteroatoms. The van der Waals surface area contributed by atoms with Crippen LogP contribution in [0.4, 0.5) is 0 Å². The summed E-state index contributed by atoms with van der Waals surface area (Å²) in [5.74, 6) is 1.41. The van der Waals surface area contributed by atoms with Crippen molar-refractivity contribution >= 4 is 35.2 Å². The third-order valence-corrected chi connectivity index (χ3v) is 5.59. The summed E-state index contributed by atoms with van der Waals surface area (Å²) >= 11 is 7.48. The van der Waals surface area contributed by atoms with E-state index in [4.69, 9.17) is 11.6 Å². The van der Waals surface area contributed by atoms with Gasteiger partial charge in [-0.05, 0) is 29.8 Å². The normalized spacial score (nSPS) is 14.3. The molecule has 2 amide bonds. The van der Waals surface area contributed by atoms with Gasteiger partial charge in [-0.2, -0.15) is 0 Å². The number of nitrogens with zero attached hydrogens (tertiary/aromatic N) is 2. The van der Waals surface area contributed by atoms with Crippen molar-refractivity contribution in [3.8, 4) is 0 Å². The van der Waals surface area contributed by atoms with Crippen LogP contribution < -0.4 is 0 Å². The highest BCUT2D eigenvalue weighted by Crippen LogP contribution is 2.16. The fourth-order valence-corrected chi connectivity index (χ4v) is 3.86. The molecule has 2 aromatic carbocycles. The highest BCUT2D eigenvalue weighted by atomic mass is 35.5. The number of halogens is 1. The Morgan fingerprint density at radius 1 is 0.885 bits per heavy atom. The highest BCUT2D eigenvalue weighted by Gasteiger charge is 2.24. The Balaban J connectivity index is 1.42. The molecule has 1 saturated heterocycles. The van der Waals surface area contributed by atoms with Gasteiger partial charge in [0.15, 0.2) is 0 Å². The summed E-state index contributed by atoms with van der Waals surface area (Å²) < 4.78 is 0. The molecule has 1 aliphatic rings. The van der Waals surface area contributed by atoms with E-state index in [2.05, 4.69) is 0 Å². The van der Waals surface area contributed by atoms with E-state index >= 15 is 0 Å². The number of hydrogen-bond donors (Lipinski definition) is 0. The zero-order valence-corrected chi connectivity index (χ0v) is 16.0. The van der Waals surface area contributed by atoms with Crippen LogP contribution in [0.5, 0.6) is 0 Å². The molecule has 0 unspecified atom stereocenters. The minimum absolute atomic E-state index is 0.0369. The summed E-state index contributed by atoms with van der Waals surface area (Å²) in [6.45, 7) is 2.36. The van der Waals surface area contributed by atoms with Gasteiger partial charge in [0.25, 0.3) is 5.91 Å². The smallest absolute Gasteiger partial charge is 0.253 e. The molecule has 0 aliphatic carbocycles. The van der Waals surface area contributed by atoms with Gasteiger partial charge in [0.2, 0.25) is 5.91 Å². The predicted molar refractivity (Wildman–Crippen MR) is 107 cm³/mol. The summed E-state index contributed by atoms with van der Waals surface area (Å²) in [7, 11) is 0. The molecule has 3 rings (SSSR count). The second-order valence-electron chi connectivity index (χ2n) is 6.16. The Bertz CT molecular complexity index is 744. The Kier molecular flexibility index (Phi) is 6.58. The fourth-order valence-electron chi connectivity index (χ4n) is 2.85. The molecule has 1 fully saturated rings. The largest absolute Gasteiger partial charge is 0.338 e. The second-order valence-corrected chi connectivity index (χ2v) is 7.58.